The van der Waals surface area contributed by atoms with Gasteiger partial charge in [0, 0.05) is 25.1 Å². The van der Waals surface area contributed by atoms with E-state index >= 15 is 4.39 Å². The maximum atomic E-state index is 15.1. The zero-order valence-electron chi connectivity index (χ0n) is 18.8. The van der Waals surface area contributed by atoms with Crippen LogP contribution >= 0.6 is 0 Å². The molecule has 0 spiro atoms. The second-order valence-corrected chi connectivity index (χ2v) is 8.97. The lowest BCUT2D eigenvalue weighted by Gasteiger charge is -2.25. The lowest BCUT2D eigenvalue weighted by molar-refractivity contribution is -0.132. The van der Waals surface area contributed by atoms with Gasteiger partial charge in [0.05, 0.1) is 11.7 Å². The first kappa shape index (κ1) is 23.2. The molecule has 0 saturated carbocycles. The van der Waals surface area contributed by atoms with Gasteiger partial charge in [0.15, 0.2) is 0 Å². The number of aliphatic hydroxyl groups is 1. The second-order valence-electron chi connectivity index (χ2n) is 8.97. The smallest absolute Gasteiger partial charge is 0.251 e. The molecule has 8 heteroatoms. The zero-order valence-corrected chi connectivity index (χ0v) is 18.8. The highest BCUT2D eigenvalue weighted by Gasteiger charge is 2.26. The molecule has 0 bridgehead atoms. The molecule has 1 fully saturated rings. The molecule has 2 atom stereocenters. The predicted molar refractivity (Wildman–Crippen MR) is 120 cm³/mol. The lowest BCUT2D eigenvalue weighted by atomic mass is 9.89. The summed E-state index contributed by atoms with van der Waals surface area (Å²) in [6.45, 7) is 5.33. The second kappa shape index (κ2) is 9.48. The minimum Gasteiger partial charge on any atom is -0.488 e. The molecule has 0 unspecified atom stereocenters. The predicted octanol–water partition coefficient (Wildman–Crippen LogP) is 2.54. The van der Waals surface area contributed by atoms with Crippen LogP contribution in [0, 0.1) is 17.1 Å². The van der Waals surface area contributed by atoms with Crippen molar-refractivity contribution in [2.45, 2.75) is 51.0 Å². The van der Waals surface area contributed by atoms with Crippen LogP contribution in [0.5, 0.6) is 5.75 Å². The third-order valence-electron chi connectivity index (χ3n) is 5.97. The summed E-state index contributed by atoms with van der Waals surface area (Å²) in [4.78, 5) is 12.5. The Morgan fingerprint density at radius 3 is 2.94 bits per heavy atom. The number of carbonyl (C=O) groups is 1. The van der Waals surface area contributed by atoms with Gasteiger partial charge in [0.1, 0.15) is 30.3 Å². The van der Waals surface area contributed by atoms with Crippen LogP contribution < -0.4 is 15.4 Å². The first-order valence-corrected chi connectivity index (χ1v) is 11.1. The van der Waals surface area contributed by atoms with Gasteiger partial charge in [-0.05, 0) is 67.3 Å². The van der Waals surface area contributed by atoms with Gasteiger partial charge < -0.3 is 25.2 Å². The van der Waals surface area contributed by atoms with E-state index in [1.807, 2.05) is 24.3 Å². The fourth-order valence-electron chi connectivity index (χ4n) is 4.07. The largest absolute Gasteiger partial charge is 0.488 e. The van der Waals surface area contributed by atoms with Crippen molar-refractivity contribution in [3.05, 3.63) is 52.8 Å². The van der Waals surface area contributed by atoms with Crippen molar-refractivity contribution in [2.24, 2.45) is 0 Å². The highest BCUT2D eigenvalue weighted by atomic mass is 19.1. The van der Waals surface area contributed by atoms with Crippen molar-refractivity contribution in [3.63, 3.8) is 0 Å². The molecule has 174 valence electrons. The molecule has 4 rings (SSSR count). The van der Waals surface area contributed by atoms with E-state index in [1.54, 1.807) is 19.9 Å². The van der Waals surface area contributed by atoms with E-state index in [0.29, 0.717) is 31.1 Å². The summed E-state index contributed by atoms with van der Waals surface area (Å²) in [5, 5.41) is 25.7. The summed E-state index contributed by atoms with van der Waals surface area (Å²) in [6.07, 6.45) is 0.134. The molecule has 33 heavy (non-hydrogen) atoms. The molecular formula is C25H28FN3O4. The van der Waals surface area contributed by atoms with Crippen LogP contribution in [0.15, 0.2) is 30.3 Å². The minimum absolute atomic E-state index is 0.00142. The number of amides is 1. The van der Waals surface area contributed by atoms with E-state index in [2.05, 4.69) is 10.6 Å². The lowest BCUT2D eigenvalue weighted by Crippen LogP contribution is -2.46. The molecule has 2 aliphatic rings. The number of hydrogen-bond donors (Lipinski definition) is 3. The van der Waals surface area contributed by atoms with E-state index in [-0.39, 0.29) is 12.0 Å². The molecule has 7 nitrogen and oxygen atoms in total. The summed E-state index contributed by atoms with van der Waals surface area (Å²) >= 11 is 0. The summed E-state index contributed by atoms with van der Waals surface area (Å²) < 4.78 is 26.5. The Kier molecular flexibility index (Phi) is 6.66. The molecule has 3 N–H and O–H groups in total. The third-order valence-corrected chi connectivity index (χ3v) is 5.97. The van der Waals surface area contributed by atoms with E-state index in [1.165, 1.54) is 6.07 Å². The fourth-order valence-corrected chi connectivity index (χ4v) is 4.07. The summed E-state index contributed by atoms with van der Waals surface area (Å²) in [5.74, 6) is -0.370. The van der Waals surface area contributed by atoms with Gasteiger partial charge in [-0.3, -0.25) is 4.79 Å². The molecule has 0 aromatic heterocycles. The van der Waals surface area contributed by atoms with Crippen molar-refractivity contribution < 1.29 is 23.8 Å². The normalized spacial score (nSPS) is 18.7. The van der Waals surface area contributed by atoms with Gasteiger partial charge in [-0.25, -0.2) is 4.39 Å². The number of ether oxygens (including phenoxy) is 2. The Hall–Kier alpha value is -2.99. The van der Waals surface area contributed by atoms with E-state index < -0.39 is 29.5 Å². The van der Waals surface area contributed by atoms with Crippen LogP contribution in [-0.4, -0.2) is 42.9 Å². The highest BCUT2D eigenvalue weighted by Crippen LogP contribution is 2.40. The van der Waals surface area contributed by atoms with Crippen LogP contribution in [0.3, 0.4) is 0 Å². The number of nitrogens with one attached hydrogen (secondary N) is 2. The van der Waals surface area contributed by atoms with Gasteiger partial charge in [0.25, 0.3) is 5.91 Å². The topological polar surface area (TPSA) is 104 Å². The van der Waals surface area contributed by atoms with Crippen molar-refractivity contribution in [1.29, 1.82) is 5.26 Å². The Bertz CT molecular complexity index is 1080. The summed E-state index contributed by atoms with van der Waals surface area (Å²) in [5.41, 5.74) is 2.29. The molecule has 2 heterocycles. The number of benzene rings is 2. The van der Waals surface area contributed by atoms with Crippen LogP contribution in [0.25, 0.3) is 11.1 Å². The average molecular weight is 454 g/mol. The molecule has 2 aromatic rings. The molecule has 1 saturated heterocycles. The first-order valence-electron chi connectivity index (χ1n) is 11.1. The Labute approximate surface area is 192 Å². The Morgan fingerprint density at radius 2 is 2.18 bits per heavy atom. The van der Waals surface area contributed by atoms with Crippen molar-refractivity contribution in [1.82, 2.24) is 10.6 Å². The zero-order chi connectivity index (χ0) is 23.6. The van der Waals surface area contributed by atoms with Crippen LogP contribution in [0.2, 0.25) is 0 Å². The van der Waals surface area contributed by atoms with Gasteiger partial charge in [-0.1, -0.05) is 12.1 Å². The molecule has 0 aliphatic carbocycles. The molecule has 0 radical (unpaired) electrons. The number of nitriles is 1. The van der Waals surface area contributed by atoms with Gasteiger partial charge >= 0.3 is 0 Å². The molecule has 1 amide bonds. The molecule has 2 aliphatic heterocycles. The third kappa shape index (κ3) is 5.17. The number of hydrogen-bond acceptors (Lipinski definition) is 6. The number of carbonyl (C=O) groups excluding carboxylic acids is 1. The first-order chi connectivity index (χ1) is 15.8. The average Bonchev–Trinajstić information content (AvgIpc) is 3.08. The fraction of sp³-hybridized carbons (Fsp3) is 0.440. The SMILES string of the molecule is CC(C)(O)c1ccc2c(c1)-c1cc(F)c(C[C@@H](C#N)NC(=O)[C@@H]3CNCCCO3)cc1OC2. The molecular weight excluding hydrogens is 425 g/mol. The van der Waals surface area contributed by atoms with Gasteiger partial charge in [0.2, 0.25) is 0 Å². The maximum Gasteiger partial charge on any atom is 0.251 e. The highest BCUT2D eigenvalue weighted by molar-refractivity contribution is 5.82. The van der Waals surface area contributed by atoms with Crippen molar-refractivity contribution in [3.8, 4) is 22.9 Å². The van der Waals surface area contributed by atoms with Crippen LogP contribution in [-0.2, 0) is 28.2 Å². The standard InChI is InChI=1S/C25H28FN3O4/c1-25(2,31)17-5-4-15-14-33-22-9-16(21(26)11-20(22)19(15)10-17)8-18(12-27)29-24(30)23-13-28-6-3-7-32-23/h4-5,9-11,18,23,28,31H,3,6-8,13-14H2,1-2H3,(H,29,30)/t18-,23-/m0/s1. The summed E-state index contributed by atoms with van der Waals surface area (Å²) in [6, 6.07) is 9.69. The van der Waals surface area contributed by atoms with Crippen molar-refractivity contribution >= 4 is 5.91 Å². The quantitative estimate of drug-likeness (QED) is 0.643. The van der Waals surface area contributed by atoms with E-state index in [4.69, 9.17) is 9.47 Å². The Morgan fingerprint density at radius 1 is 1.36 bits per heavy atom. The maximum absolute atomic E-state index is 15.1. The number of fused-ring (bicyclic) bond motifs is 3. The van der Waals surface area contributed by atoms with Gasteiger partial charge in [-0.15, -0.1) is 0 Å². The number of rotatable bonds is 5. The van der Waals surface area contributed by atoms with Crippen LogP contribution in [0.4, 0.5) is 4.39 Å². The Balaban J connectivity index is 1.55. The van der Waals surface area contributed by atoms with Crippen LogP contribution in [0.1, 0.15) is 37.0 Å². The molecule has 2 aromatic carbocycles. The monoisotopic (exact) mass is 453 g/mol. The summed E-state index contributed by atoms with van der Waals surface area (Å²) in [7, 11) is 0. The number of halogens is 1. The van der Waals surface area contributed by atoms with Crippen molar-refractivity contribution in [2.75, 3.05) is 19.7 Å². The van der Waals surface area contributed by atoms with E-state index in [9.17, 15) is 15.2 Å². The van der Waals surface area contributed by atoms with Gasteiger partial charge in [-0.2, -0.15) is 5.26 Å². The van der Waals surface area contributed by atoms with E-state index in [0.717, 1.165) is 29.7 Å². The number of nitrogens with zero attached hydrogens (tertiary/aromatic N) is 1. The minimum atomic E-state index is -1.03.